The van der Waals surface area contributed by atoms with Gasteiger partial charge in [0.25, 0.3) is 5.91 Å². The van der Waals surface area contributed by atoms with Crippen LogP contribution >= 0.6 is 0 Å². The van der Waals surface area contributed by atoms with Gasteiger partial charge in [-0.05, 0) is 24.1 Å². The van der Waals surface area contributed by atoms with E-state index in [0.717, 1.165) is 25.7 Å². The monoisotopic (exact) mass is 475 g/mol. The SMILES string of the molecule is CCCCCCCCCCCCCC(=O)c1cc(CN)ccc1C(=O)N[C@@H](CC(N)=O)C(=O)O. The van der Waals surface area contributed by atoms with Gasteiger partial charge in [0.05, 0.1) is 12.0 Å². The van der Waals surface area contributed by atoms with Crippen LogP contribution in [0.15, 0.2) is 18.2 Å². The number of rotatable bonds is 19. The van der Waals surface area contributed by atoms with Crippen LogP contribution in [-0.2, 0) is 16.1 Å². The van der Waals surface area contributed by atoms with E-state index < -0.39 is 30.2 Å². The third kappa shape index (κ3) is 11.4. The van der Waals surface area contributed by atoms with Gasteiger partial charge in [0.15, 0.2) is 5.78 Å². The van der Waals surface area contributed by atoms with Crippen molar-refractivity contribution >= 4 is 23.6 Å². The molecule has 190 valence electrons. The first-order chi connectivity index (χ1) is 16.3. The molecule has 0 aliphatic carbocycles. The normalized spacial score (nSPS) is 11.7. The number of unbranched alkanes of at least 4 members (excludes halogenated alkanes) is 10. The standard InChI is InChI=1S/C26H41N3O5/c1-2-3-4-5-6-7-8-9-10-11-12-13-23(30)21-16-19(18-27)14-15-20(21)25(32)29-22(26(33)34)17-24(28)31/h14-16,22H,2-13,17-18,27H2,1H3,(H2,28,31)(H,29,32)(H,33,34)/t22-/m0/s1. The second kappa shape index (κ2) is 16.8. The highest BCUT2D eigenvalue weighted by Crippen LogP contribution is 2.18. The summed E-state index contributed by atoms with van der Waals surface area (Å²) >= 11 is 0. The number of nitrogens with two attached hydrogens (primary N) is 2. The van der Waals surface area contributed by atoms with Crippen molar-refractivity contribution in [2.75, 3.05) is 0 Å². The summed E-state index contributed by atoms with van der Waals surface area (Å²) in [6.07, 6.45) is 12.7. The predicted molar refractivity (Wildman–Crippen MR) is 132 cm³/mol. The van der Waals surface area contributed by atoms with Gasteiger partial charge in [0.2, 0.25) is 5.91 Å². The second-order valence-corrected chi connectivity index (χ2v) is 8.83. The van der Waals surface area contributed by atoms with Gasteiger partial charge < -0.3 is 21.9 Å². The summed E-state index contributed by atoms with van der Waals surface area (Å²) in [4.78, 5) is 48.1. The number of benzene rings is 1. The summed E-state index contributed by atoms with van der Waals surface area (Å²) < 4.78 is 0. The highest BCUT2D eigenvalue weighted by atomic mass is 16.4. The summed E-state index contributed by atoms with van der Waals surface area (Å²) in [6.45, 7) is 2.43. The number of hydrogen-bond acceptors (Lipinski definition) is 5. The molecule has 0 saturated heterocycles. The zero-order valence-corrected chi connectivity index (χ0v) is 20.4. The maximum atomic E-state index is 12.9. The average Bonchev–Trinajstić information content (AvgIpc) is 2.81. The smallest absolute Gasteiger partial charge is 0.326 e. The van der Waals surface area contributed by atoms with Gasteiger partial charge in [-0.3, -0.25) is 14.4 Å². The lowest BCUT2D eigenvalue weighted by atomic mass is 9.96. The number of carbonyl (C=O) groups is 4. The van der Waals surface area contributed by atoms with E-state index in [2.05, 4.69) is 12.2 Å². The number of carboxylic acid groups (broad SMARTS) is 1. The summed E-state index contributed by atoms with van der Waals surface area (Å²) in [5, 5.41) is 11.5. The molecule has 0 saturated carbocycles. The summed E-state index contributed by atoms with van der Waals surface area (Å²) in [5.41, 5.74) is 11.8. The Morgan fingerprint density at radius 1 is 0.882 bits per heavy atom. The van der Waals surface area contributed by atoms with E-state index in [1.807, 2.05) is 0 Å². The minimum atomic E-state index is -1.46. The molecule has 0 unspecified atom stereocenters. The molecule has 0 fully saturated rings. The number of carbonyl (C=O) groups excluding carboxylic acids is 3. The fraction of sp³-hybridized carbons (Fsp3) is 0.615. The van der Waals surface area contributed by atoms with Gasteiger partial charge in [0, 0.05) is 18.5 Å². The van der Waals surface area contributed by atoms with E-state index in [-0.39, 0.29) is 23.5 Å². The van der Waals surface area contributed by atoms with Gasteiger partial charge in [-0.1, -0.05) is 77.2 Å². The van der Waals surface area contributed by atoms with Crippen molar-refractivity contribution in [3.63, 3.8) is 0 Å². The first-order valence-corrected chi connectivity index (χ1v) is 12.5. The fourth-order valence-electron chi connectivity index (χ4n) is 3.87. The number of primary amides is 1. The first kappa shape index (κ1) is 29.3. The van der Waals surface area contributed by atoms with E-state index in [1.54, 1.807) is 12.1 Å². The first-order valence-electron chi connectivity index (χ1n) is 12.5. The number of amides is 2. The van der Waals surface area contributed by atoms with Gasteiger partial charge in [-0.2, -0.15) is 0 Å². The van der Waals surface area contributed by atoms with E-state index in [9.17, 15) is 24.3 Å². The molecule has 8 nitrogen and oxygen atoms in total. The second-order valence-electron chi connectivity index (χ2n) is 8.83. The molecule has 0 aliphatic rings. The third-order valence-electron chi connectivity index (χ3n) is 5.88. The van der Waals surface area contributed by atoms with Gasteiger partial charge in [0.1, 0.15) is 6.04 Å². The number of carboxylic acids is 1. The molecule has 2 amide bonds. The van der Waals surface area contributed by atoms with Crippen LogP contribution in [0.1, 0.15) is 117 Å². The van der Waals surface area contributed by atoms with E-state index in [1.165, 1.54) is 51.0 Å². The molecule has 0 bridgehead atoms. The van der Waals surface area contributed by atoms with Crippen LogP contribution in [0.2, 0.25) is 0 Å². The highest BCUT2D eigenvalue weighted by molar-refractivity contribution is 6.09. The summed E-state index contributed by atoms with van der Waals surface area (Å²) in [7, 11) is 0. The minimum absolute atomic E-state index is 0.0704. The van der Waals surface area contributed by atoms with Crippen molar-refractivity contribution in [1.82, 2.24) is 5.32 Å². The molecular weight excluding hydrogens is 434 g/mol. The fourth-order valence-corrected chi connectivity index (χ4v) is 3.87. The van der Waals surface area contributed by atoms with E-state index in [4.69, 9.17) is 11.5 Å². The molecule has 34 heavy (non-hydrogen) atoms. The molecule has 0 spiro atoms. The minimum Gasteiger partial charge on any atom is -0.480 e. The Morgan fingerprint density at radius 3 is 1.94 bits per heavy atom. The molecule has 0 heterocycles. The van der Waals surface area contributed by atoms with Crippen molar-refractivity contribution in [2.45, 2.75) is 103 Å². The maximum absolute atomic E-state index is 12.9. The number of aliphatic carboxylic acids is 1. The van der Waals surface area contributed by atoms with Crippen LogP contribution in [0.4, 0.5) is 0 Å². The zero-order valence-electron chi connectivity index (χ0n) is 20.4. The Kier molecular flexibility index (Phi) is 14.5. The number of Topliss-reactive ketones (excluding diaryl/α,β-unsaturated/α-hetero) is 1. The Bertz CT molecular complexity index is 810. The van der Waals surface area contributed by atoms with Crippen molar-refractivity contribution in [3.05, 3.63) is 34.9 Å². The largest absolute Gasteiger partial charge is 0.480 e. The van der Waals surface area contributed by atoms with Gasteiger partial charge in [-0.15, -0.1) is 0 Å². The molecule has 1 rings (SSSR count). The molecule has 0 aliphatic heterocycles. The lowest BCUT2D eigenvalue weighted by Crippen LogP contribution is -2.43. The Hall–Kier alpha value is -2.74. The van der Waals surface area contributed by atoms with Gasteiger partial charge >= 0.3 is 5.97 Å². The number of nitrogens with one attached hydrogen (secondary N) is 1. The zero-order chi connectivity index (χ0) is 25.3. The van der Waals surface area contributed by atoms with Crippen LogP contribution in [0, 0.1) is 0 Å². The highest BCUT2D eigenvalue weighted by Gasteiger charge is 2.25. The molecule has 1 aromatic rings. The van der Waals surface area contributed by atoms with Crippen molar-refractivity contribution in [3.8, 4) is 0 Å². The topological polar surface area (TPSA) is 153 Å². The van der Waals surface area contributed by atoms with Crippen LogP contribution in [-0.4, -0.2) is 34.7 Å². The predicted octanol–water partition coefficient (Wildman–Crippen LogP) is 4.09. The van der Waals surface area contributed by atoms with Crippen molar-refractivity contribution in [1.29, 1.82) is 0 Å². The number of hydrogen-bond donors (Lipinski definition) is 4. The van der Waals surface area contributed by atoms with E-state index >= 15 is 0 Å². The molecular formula is C26H41N3O5. The number of ketones is 1. The molecule has 0 aromatic heterocycles. The van der Waals surface area contributed by atoms with Crippen LogP contribution in [0.3, 0.4) is 0 Å². The molecule has 1 atom stereocenters. The summed E-state index contributed by atoms with van der Waals surface area (Å²) in [5.74, 6) is -3.14. The Morgan fingerprint density at radius 2 is 1.44 bits per heavy atom. The molecule has 6 N–H and O–H groups in total. The average molecular weight is 476 g/mol. The van der Waals surface area contributed by atoms with Crippen molar-refractivity contribution in [2.24, 2.45) is 11.5 Å². The van der Waals surface area contributed by atoms with Crippen LogP contribution < -0.4 is 16.8 Å². The maximum Gasteiger partial charge on any atom is 0.326 e. The lowest BCUT2D eigenvalue weighted by molar-refractivity contribution is -0.140. The van der Waals surface area contributed by atoms with Gasteiger partial charge in [-0.25, -0.2) is 4.79 Å². The lowest BCUT2D eigenvalue weighted by Gasteiger charge is -2.15. The van der Waals surface area contributed by atoms with E-state index in [0.29, 0.717) is 12.0 Å². The Balaban J connectivity index is 2.59. The third-order valence-corrected chi connectivity index (χ3v) is 5.88. The molecule has 1 aromatic carbocycles. The van der Waals surface area contributed by atoms with Crippen LogP contribution in [0.5, 0.6) is 0 Å². The molecule has 8 heteroatoms. The molecule has 0 radical (unpaired) electrons. The van der Waals surface area contributed by atoms with Crippen LogP contribution in [0.25, 0.3) is 0 Å². The van der Waals surface area contributed by atoms with Crippen molar-refractivity contribution < 1.29 is 24.3 Å². The quantitative estimate of drug-likeness (QED) is 0.175. The Labute approximate surface area is 202 Å². The summed E-state index contributed by atoms with van der Waals surface area (Å²) in [6, 6.07) is 3.21.